The Morgan fingerprint density at radius 1 is 1.47 bits per heavy atom. The van der Waals surface area contributed by atoms with E-state index in [0.717, 1.165) is 36.2 Å². The molecule has 0 unspecified atom stereocenters. The Bertz CT molecular complexity index is 377. The zero-order valence-electron chi connectivity index (χ0n) is 10.9. The van der Waals surface area contributed by atoms with Crippen LogP contribution in [0.15, 0.2) is 18.5 Å². The monoisotopic (exact) mass is 235 g/mol. The summed E-state index contributed by atoms with van der Waals surface area (Å²) in [6, 6.07) is 0. The van der Waals surface area contributed by atoms with Crippen molar-refractivity contribution in [3.8, 4) is 5.88 Å². The van der Waals surface area contributed by atoms with Crippen LogP contribution in [0.3, 0.4) is 0 Å². The summed E-state index contributed by atoms with van der Waals surface area (Å²) in [4.78, 5) is 8.40. The molecule has 1 aromatic heterocycles. The predicted octanol–water partition coefficient (Wildman–Crippen LogP) is 2.82. The maximum atomic E-state index is 5.69. The van der Waals surface area contributed by atoms with E-state index >= 15 is 0 Å². The van der Waals surface area contributed by atoms with Gasteiger partial charge < -0.3 is 10.1 Å². The summed E-state index contributed by atoms with van der Waals surface area (Å²) in [5.41, 5.74) is 2.17. The Morgan fingerprint density at radius 3 is 2.82 bits per heavy atom. The molecule has 4 nitrogen and oxygen atoms in total. The van der Waals surface area contributed by atoms with E-state index in [-0.39, 0.29) is 0 Å². The molecule has 0 fully saturated rings. The molecule has 0 aliphatic heterocycles. The van der Waals surface area contributed by atoms with Crippen molar-refractivity contribution in [3.63, 3.8) is 0 Å². The maximum absolute atomic E-state index is 5.69. The van der Waals surface area contributed by atoms with Crippen LogP contribution in [0.2, 0.25) is 0 Å². The predicted molar refractivity (Wildman–Crippen MR) is 70.5 cm³/mol. The first kappa shape index (κ1) is 13.5. The molecule has 1 N–H and O–H groups in total. The first-order valence-electron chi connectivity index (χ1n) is 5.97. The van der Waals surface area contributed by atoms with Gasteiger partial charge in [0.1, 0.15) is 12.1 Å². The topological polar surface area (TPSA) is 47.0 Å². The second-order valence-corrected chi connectivity index (χ2v) is 4.06. The highest BCUT2D eigenvalue weighted by Crippen LogP contribution is 2.23. The third-order valence-electron chi connectivity index (χ3n) is 2.41. The standard InChI is InChI=1S/C13H21N3O/c1-5-6-11-12(14-4)15-9-16-13(11)17-8-7-10(2)3/h9H,2,5-8H2,1,3-4H3,(H,14,15,16). The van der Waals surface area contributed by atoms with Crippen LogP contribution >= 0.6 is 0 Å². The SMILES string of the molecule is C=C(C)CCOc1ncnc(NC)c1CCC. The molecule has 0 aliphatic rings. The molecular weight excluding hydrogens is 214 g/mol. The van der Waals surface area contributed by atoms with Gasteiger partial charge in [0.05, 0.1) is 12.2 Å². The number of hydrogen-bond donors (Lipinski definition) is 1. The third kappa shape index (κ3) is 4.06. The fourth-order valence-electron chi connectivity index (χ4n) is 1.53. The van der Waals surface area contributed by atoms with E-state index in [1.54, 1.807) is 0 Å². The molecule has 0 saturated carbocycles. The van der Waals surface area contributed by atoms with E-state index in [1.165, 1.54) is 6.33 Å². The summed E-state index contributed by atoms with van der Waals surface area (Å²) in [5.74, 6) is 1.54. The smallest absolute Gasteiger partial charge is 0.221 e. The summed E-state index contributed by atoms with van der Waals surface area (Å²) < 4.78 is 5.69. The van der Waals surface area contributed by atoms with E-state index in [9.17, 15) is 0 Å². The number of hydrogen-bond acceptors (Lipinski definition) is 4. The van der Waals surface area contributed by atoms with Gasteiger partial charge in [-0.25, -0.2) is 9.97 Å². The molecule has 0 radical (unpaired) electrons. The van der Waals surface area contributed by atoms with Crippen molar-refractivity contribution in [2.75, 3.05) is 19.0 Å². The van der Waals surface area contributed by atoms with Crippen molar-refractivity contribution >= 4 is 5.82 Å². The molecule has 1 heterocycles. The lowest BCUT2D eigenvalue weighted by atomic mass is 10.1. The van der Waals surface area contributed by atoms with Crippen molar-refractivity contribution in [2.24, 2.45) is 0 Å². The lowest BCUT2D eigenvalue weighted by molar-refractivity contribution is 0.305. The van der Waals surface area contributed by atoms with Crippen LogP contribution in [0.4, 0.5) is 5.82 Å². The van der Waals surface area contributed by atoms with Gasteiger partial charge in [-0.3, -0.25) is 0 Å². The van der Waals surface area contributed by atoms with E-state index in [2.05, 4.69) is 28.8 Å². The highest BCUT2D eigenvalue weighted by molar-refractivity contribution is 5.48. The molecule has 1 aromatic rings. The Hall–Kier alpha value is -1.58. The molecule has 0 spiro atoms. The van der Waals surface area contributed by atoms with Gasteiger partial charge in [-0.05, 0) is 13.3 Å². The second-order valence-electron chi connectivity index (χ2n) is 4.06. The molecular formula is C13H21N3O. The van der Waals surface area contributed by atoms with Gasteiger partial charge in [0.2, 0.25) is 5.88 Å². The fourth-order valence-corrected chi connectivity index (χ4v) is 1.53. The summed E-state index contributed by atoms with van der Waals surface area (Å²) in [5, 5.41) is 3.07. The number of rotatable bonds is 7. The maximum Gasteiger partial charge on any atom is 0.221 e. The summed E-state index contributed by atoms with van der Waals surface area (Å²) in [6.07, 6.45) is 4.34. The molecule has 0 aromatic carbocycles. The molecule has 1 rings (SSSR count). The minimum Gasteiger partial charge on any atom is -0.477 e. The first-order chi connectivity index (χ1) is 8.19. The highest BCUT2D eigenvalue weighted by atomic mass is 16.5. The molecule has 0 aliphatic carbocycles. The number of anilines is 1. The quantitative estimate of drug-likeness (QED) is 0.738. The number of ether oxygens (including phenoxy) is 1. The van der Waals surface area contributed by atoms with E-state index in [4.69, 9.17) is 4.74 Å². The molecule has 4 heteroatoms. The van der Waals surface area contributed by atoms with Crippen LogP contribution in [0, 0.1) is 0 Å². The summed E-state index contributed by atoms with van der Waals surface area (Å²) in [7, 11) is 1.86. The lowest BCUT2D eigenvalue weighted by Gasteiger charge is -2.12. The average Bonchev–Trinajstić information content (AvgIpc) is 2.30. The summed E-state index contributed by atoms with van der Waals surface area (Å²) >= 11 is 0. The van der Waals surface area contributed by atoms with Crippen LogP contribution in [-0.2, 0) is 6.42 Å². The van der Waals surface area contributed by atoms with Crippen LogP contribution in [-0.4, -0.2) is 23.6 Å². The Balaban J connectivity index is 2.78. The number of aromatic nitrogens is 2. The van der Waals surface area contributed by atoms with Crippen molar-refractivity contribution in [1.82, 2.24) is 9.97 Å². The van der Waals surface area contributed by atoms with Gasteiger partial charge in [0.15, 0.2) is 0 Å². The molecule has 0 amide bonds. The molecule has 0 atom stereocenters. The van der Waals surface area contributed by atoms with Gasteiger partial charge >= 0.3 is 0 Å². The summed E-state index contributed by atoms with van der Waals surface area (Å²) in [6.45, 7) is 8.60. The van der Waals surface area contributed by atoms with Crippen molar-refractivity contribution in [2.45, 2.75) is 33.1 Å². The molecule has 17 heavy (non-hydrogen) atoms. The van der Waals surface area contributed by atoms with Gasteiger partial charge in [0.25, 0.3) is 0 Å². The minimum atomic E-state index is 0.617. The van der Waals surface area contributed by atoms with Crippen molar-refractivity contribution in [1.29, 1.82) is 0 Å². The zero-order chi connectivity index (χ0) is 12.7. The zero-order valence-corrected chi connectivity index (χ0v) is 10.9. The lowest BCUT2D eigenvalue weighted by Crippen LogP contribution is -2.06. The van der Waals surface area contributed by atoms with Gasteiger partial charge in [-0.2, -0.15) is 0 Å². The molecule has 0 saturated heterocycles. The normalized spacial score (nSPS) is 10.1. The average molecular weight is 235 g/mol. The Morgan fingerprint density at radius 2 is 2.24 bits per heavy atom. The van der Waals surface area contributed by atoms with Crippen LogP contribution in [0.1, 0.15) is 32.3 Å². The van der Waals surface area contributed by atoms with Crippen LogP contribution in [0.5, 0.6) is 5.88 Å². The molecule has 94 valence electrons. The van der Waals surface area contributed by atoms with Crippen molar-refractivity contribution in [3.05, 3.63) is 24.0 Å². The van der Waals surface area contributed by atoms with Gasteiger partial charge in [-0.1, -0.05) is 18.9 Å². The first-order valence-corrected chi connectivity index (χ1v) is 5.97. The second kappa shape index (κ2) is 6.89. The number of nitrogens with one attached hydrogen (secondary N) is 1. The Labute approximate surface area is 103 Å². The Kier molecular flexibility index (Phi) is 5.46. The third-order valence-corrected chi connectivity index (χ3v) is 2.41. The minimum absolute atomic E-state index is 0.617. The van der Waals surface area contributed by atoms with Crippen LogP contribution in [0.25, 0.3) is 0 Å². The van der Waals surface area contributed by atoms with E-state index in [1.807, 2.05) is 14.0 Å². The largest absolute Gasteiger partial charge is 0.477 e. The molecule has 0 bridgehead atoms. The highest BCUT2D eigenvalue weighted by Gasteiger charge is 2.10. The number of nitrogens with zero attached hydrogens (tertiary/aromatic N) is 2. The van der Waals surface area contributed by atoms with Crippen LogP contribution < -0.4 is 10.1 Å². The van der Waals surface area contributed by atoms with E-state index in [0.29, 0.717) is 12.5 Å². The van der Waals surface area contributed by atoms with E-state index < -0.39 is 0 Å². The van der Waals surface area contributed by atoms with Crippen molar-refractivity contribution < 1.29 is 4.74 Å². The fraction of sp³-hybridized carbons (Fsp3) is 0.538. The van der Waals surface area contributed by atoms with Gasteiger partial charge in [-0.15, -0.1) is 6.58 Å². The van der Waals surface area contributed by atoms with Gasteiger partial charge in [0, 0.05) is 13.5 Å².